The van der Waals surface area contributed by atoms with E-state index >= 15 is 0 Å². The van der Waals surface area contributed by atoms with E-state index in [4.69, 9.17) is 19.7 Å². The van der Waals surface area contributed by atoms with Crippen molar-refractivity contribution in [2.75, 3.05) is 45.2 Å². The number of fused-ring (bicyclic) bond motifs is 4. The summed E-state index contributed by atoms with van der Waals surface area (Å²) in [7, 11) is 4.16. The summed E-state index contributed by atoms with van der Waals surface area (Å²) < 4.78 is 6.14. The van der Waals surface area contributed by atoms with Crippen LogP contribution in [-0.4, -0.2) is 72.3 Å². The number of nitrogens with zero attached hydrogens (tertiary/aromatic N) is 5. The van der Waals surface area contributed by atoms with Crippen molar-refractivity contribution in [2.45, 2.75) is 31.3 Å². The van der Waals surface area contributed by atoms with Crippen molar-refractivity contribution >= 4 is 27.5 Å². The minimum Gasteiger partial charge on any atom is -0.478 e. The topological polar surface area (TPSA) is 66.4 Å². The zero-order valence-corrected chi connectivity index (χ0v) is 20.4. The van der Waals surface area contributed by atoms with E-state index in [1.165, 1.54) is 18.2 Å². The maximum atomic E-state index is 6.14. The highest BCUT2D eigenvalue weighted by atomic mass is 16.5. The number of pyridine rings is 1. The monoisotopic (exact) mass is 468 g/mol. The molecule has 0 saturated carbocycles. The third kappa shape index (κ3) is 4.54. The Hall–Kier alpha value is -3.29. The van der Waals surface area contributed by atoms with Gasteiger partial charge in [0, 0.05) is 49.5 Å². The number of rotatable bonds is 7. The third-order valence-electron chi connectivity index (χ3n) is 7.08. The van der Waals surface area contributed by atoms with Crippen molar-refractivity contribution in [1.29, 1.82) is 0 Å². The smallest absolute Gasteiger partial charge is 0.217 e. The van der Waals surface area contributed by atoms with Gasteiger partial charge in [-0.1, -0.05) is 42.5 Å². The van der Waals surface area contributed by atoms with Gasteiger partial charge in [0.1, 0.15) is 5.82 Å². The summed E-state index contributed by atoms with van der Waals surface area (Å²) in [5.41, 5.74) is 1.92. The number of anilines is 1. The molecule has 2 atom stereocenters. The minimum atomic E-state index is 0.520. The highest BCUT2D eigenvalue weighted by molar-refractivity contribution is 5.97. The van der Waals surface area contributed by atoms with Crippen molar-refractivity contribution in [3.8, 4) is 17.3 Å². The molecule has 2 saturated heterocycles. The van der Waals surface area contributed by atoms with Gasteiger partial charge in [0.05, 0.1) is 17.5 Å². The first-order valence-electron chi connectivity index (χ1n) is 12.6. The van der Waals surface area contributed by atoms with Crippen molar-refractivity contribution in [2.24, 2.45) is 0 Å². The van der Waals surface area contributed by atoms with Crippen LogP contribution < -0.4 is 15.0 Å². The summed E-state index contributed by atoms with van der Waals surface area (Å²) in [6.45, 7) is 3.51. The molecule has 180 valence electrons. The molecule has 2 fully saturated rings. The van der Waals surface area contributed by atoms with E-state index in [0.717, 1.165) is 59.5 Å². The molecule has 0 amide bonds. The van der Waals surface area contributed by atoms with Crippen LogP contribution >= 0.6 is 0 Å². The van der Waals surface area contributed by atoms with E-state index in [-0.39, 0.29) is 0 Å². The van der Waals surface area contributed by atoms with Crippen molar-refractivity contribution < 1.29 is 4.74 Å². The molecule has 2 aliphatic heterocycles. The predicted molar refractivity (Wildman–Crippen MR) is 141 cm³/mol. The maximum absolute atomic E-state index is 6.14. The first kappa shape index (κ1) is 22.2. The van der Waals surface area contributed by atoms with Crippen LogP contribution in [0.5, 0.6) is 5.88 Å². The summed E-state index contributed by atoms with van der Waals surface area (Å²) in [5.74, 6) is 2.30. The normalized spacial score (nSPS) is 19.7. The Labute approximate surface area is 206 Å². The number of benzene rings is 2. The largest absolute Gasteiger partial charge is 0.478 e. The lowest BCUT2D eigenvalue weighted by molar-refractivity contribution is 0.273. The number of piperazine rings is 1. The van der Waals surface area contributed by atoms with E-state index in [2.05, 4.69) is 71.7 Å². The lowest BCUT2D eigenvalue weighted by Crippen LogP contribution is -2.51. The van der Waals surface area contributed by atoms with E-state index in [1.807, 2.05) is 12.3 Å². The minimum absolute atomic E-state index is 0.520. The average molecular weight is 469 g/mol. The molecular weight excluding hydrogens is 436 g/mol. The molecule has 4 heterocycles. The lowest BCUT2D eigenvalue weighted by atomic mass is 10.0. The number of ether oxygens (including phenoxy) is 1. The predicted octanol–water partition coefficient (Wildman–Crippen LogP) is 4.12. The van der Waals surface area contributed by atoms with Crippen LogP contribution in [0.3, 0.4) is 0 Å². The second-order valence-electron chi connectivity index (χ2n) is 9.99. The van der Waals surface area contributed by atoms with E-state index in [0.29, 0.717) is 24.6 Å². The van der Waals surface area contributed by atoms with Crippen molar-refractivity contribution in [1.82, 2.24) is 25.2 Å². The van der Waals surface area contributed by atoms with Gasteiger partial charge in [-0.3, -0.25) is 0 Å². The second-order valence-corrected chi connectivity index (χ2v) is 9.99. The Balaban J connectivity index is 1.41. The molecule has 4 aromatic rings. The van der Waals surface area contributed by atoms with E-state index in [9.17, 15) is 0 Å². The van der Waals surface area contributed by atoms with Gasteiger partial charge in [0.25, 0.3) is 0 Å². The highest BCUT2D eigenvalue weighted by Gasteiger charge is 2.33. The second kappa shape index (κ2) is 9.40. The molecule has 2 aliphatic rings. The van der Waals surface area contributed by atoms with Crippen LogP contribution in [0.2, 0.25) is 0 Å². The fraction of sp³-hybridized carbons (Fsp3) is 0.393. The maximum Gasteiger partial charge on any atom is 0.217 e. The van der Waals surface area contributed by atoms with Crippen LogP contribution in [0.15, 0.2) is 54.7 Å². The molecular formula is C28H32N6O. The Morgan fingerprint density at radius 3 is 2.63 bits per heavy atom. The van der Waals surface area contributed by atoms with E-state index < -0.39 is 0 Å². The molecule has 7 nitrogen and oxygen atoms in total. The molecule has 35 heavy (non-hydrogen) atoms. The van der Waals surface area contributed by atoms with Crippen LogP contribution in [0.4, 0.5) is 5.82 Å². The molecule has 0 aliphatic carbocycles. The first-order valence-corrected chi connectivity index (χ1v) is 12.6. The van der Waals surface area contributed by atoms with Crippen molar-refractivity contribution in [3.63, 3.8) is 0 Å². The van der Waals surface area contributed by atoms with Gasteiger partial charge in [-0.2, -0.15) is 4.98 Å². The Morgan fingerprint density at radius 1 is 1.00 bits per heavy atom. The third-order valence-corrected chi connectivity index (χ3v) is 7.08. The van der Waals surface area contributed by atoms with Gasteiger partial charge in [0.2, 0.25) is 5.88 Å². The summed E-state index contributed by atoms with van der Waals surface area (Å²) in [4.78, 5) is 19.4. The molecule has 2 unspecified atom stereocenters. The van der Waals surface area contributed by atoms with Crippen LogP contribution in [0, 0.1) is 0 Å². The number of hydrogen-bond acceptors (Lipinski definition) is 7. The fourth-order valence-electron chi connectivity index (χ4n) is 5.38. The first-order chi connectivity index (χ1) is 17.1. The van der Waals surface area contributed by atoms with Gasteiger partial charge in [-0.05, 0) is 44.1 Å². The molecule has 1 N–H and O–H groups in total. The average Bonchev–Trinajstić information content (AvgIpc) is 3.22. The summed E-state index contributed by atoms with van der Waals surface area (Å²) in [5, 5.41) is 7.04. The standard InChI is InChI=1S/C28H32N6O/c1-33(2)13-6-14-35-26-15-25-24(28(32-26)34-17-20-11-12-21(18-34)30-20)16-29-27(31-25)23-10-5-8-19-7-3-4-9-22(19)23/h3-5,7-10,15-16,20-21,30H,6,11-14,17-18H2,1-2H3. The molecule has 2 aromatic heterocycles. The quantitative estimate of drug-likeness (QED) is 0.409. The Bertz CT molecular complexity index is 1340. The summed E-state index contributed by atoms with van der Waals surface area (Å²) in [6, 6.07) is 17.7. The van der Waals surface area contributed by atoms with Crippen LogP contribution in [-0.2, 0) is 0 Å². The highest BCUT2D eigenvalue weighted by Crippen LogP contribution is 2.33. The Kier molecular flexibility index (Phi) is 5.96. The molecule has 0 spiro atoms. The van der Waals surface area contributed by atoms with Gasteiger partial charge in [0.15, 0.2) is 5.82 Å². The number of aromatic nitrogens is 3. The van der Waals surface area contributed by atoms with Crippen LogP contribution in [0.1, 0.15) is 19.3 Å². The molecule has 6 rings (SSSR count). The molecule has 2 aromatic carbocycles. The van der Waals surface area contributed by atoms with Gasteiger partial charge < -0.3 is 19.9 Å². The Morgan fingerprint density at radius 2 is 1.80 bits per heavy atom. The zero-order chi connectivity index (χ0) is 23.8. The lowest BCUT2D eigenvalue weighted by Gasteiger charge is -2.34. The molecule has 2 bridgehead atoms. The number of nitrogens with one attached hydrogen (secondary N) is 1. The van der Waals surface area contributed by atoms with Crippen LogP contribution in [0.25, 0.3) is 33.1 Å². The zero-order valence-electron chi connectivity index (χ0n) is 20.4. The SMILES string of the molecule is CN(C)CCCOc1cc2nc(-c3cccc4ccccc34)ncc2c(N2CC3CCC(C2)N3)n1. The summed E-state index contributed by atoms with van der Waals surface area (Å²) in [6.07, 6.45) is 5.34. The summed E-state index contributed by atoms with van der Waals surface area (Å²) >= 11 is 0. The fourth-order valence-corrected chi connectivity index (χ4v) is 5.38. The number of hydrogen-bond donors (Lipinski definition) is 1. The van der Waals surface area contributed by atoms with Crippen molar-refractivity contribution in [3.05, 3.63) is 54.7 Å². The van der Waals surface area contributed by atoms with Gasteiger partial charge >= 0.3 is 0 Å². The molecule has 0 radical (unpaired) electrons. The van der Waals surface area contributed by atoms with Gasteiger partial charge in [-0.15, -0.1) is 0 Å². The van der Waals surface area contributed by atoms with Gasteiger partial charge in [-0.25, -0.2) is 9.97 Å². The van der Waals surface area contributed by atoms with E-state index in [1.54, 1.807) is 0 Å². The molecule has 7 heteroatoms.